The molecule has 18 heavy (non-hydrogen) atoms. The van der Waals surface area contributed by atoms with Crippen molar-refractivity contribution in [2.45, 2.75) is 45.6 Å². The number of rotatable bonds is 6. The highest BCUT2D eigenvalue weighted by molar-refractivity contribution is 5.86. The van der Waals surface area contributed by atoms with Crippen molar-refractivity contribution in [1.29, 1.82) is 0 Å². The van der Waals surface area contributed by atoms with Gasteiger partial charge in [-0.3, -0.25) is 0 Å². The number of nitrogens with one attached hydrogen (secondary N) is 1. The van der Waals surface area contributed by atoms with Gasteiger partial charge in [0.15, 0.2) is 0 Å². The van der Waals surface area contributed by atoms with Gasteiger partial charge in [0.2, 0.25) is 5.76 Å². The normalized spacial score (nSPS) is 16.3. The lowest BCUT2D eigenvalue weighted by Gasteiger charge is -2.08. The van der Waals surface area contributed by atoms with Crippen LogP contribution in [0.2, 0.25) is 0 Å². The van der Waals surface area contributed by atoms with Crippen molar-refractivity contribution in [2.75, 3.05) is 6.54 Å². The second-order valence-corrected chi connectivity index (χ2v) is 5.15. The minimum absolute atomic E-state index is 0.0580. The maximum absolute atomic E-state index is 10.8. The van der Waals surface area contributed by atoms with Gasteiger partial charge in [-0.2, -0.15) is 0 Å². The molecule has 1 aromatic rings. The van der Waals surface area contributed by atoms with Gasteiger partial charge >= 0.3 is 5.97 Å². The van der Waals surface area contributed by atoms with E-state index in [-0.39, 0.29) is 5.76 Å². The highest BCUT2D eigenvalue weighted by Crippen LogP contribution is 2.26. The zero-order valence-corrected chi connectivity index (χ0v) is 10.9. The summed E-state index contributed by atoms with van der Waals surface area (Å²) < 4.78 is 5.29. The smallest absolute Gasteiger partial charge is 0.372 e. The van der Waals surface area contributed by atoms with Gasteiger partial charge in [0.25, 0.3) is 0 Å². The topological polar surface area (TPSA) is 62.5 Å². The second-order valence-electron chi connectivity index (χ2n) is 5.15. The fourth-order valence-electron chi connectivity index (χ4n) is 2.66. The van der Waals surface area contributed by atoms with E-state index in [2.05, 4.69) is 5.32 Å². The molecule has 2 N–H and O–H groups in total. The first kappa shape index (κ1) is 13.1. The summed E-state index contributed by atoms with van der Waals surface area (Å²) in [6.45, 7) is 3.35. The predicted octanol–water partition coefficient (Wildman–Crippen LogP) is 2.96. The van der Waals surface area contributed by atoms with Gasteiger partial charge in [0.1, 0.15) is 5.76 Å². The fourth-order valence-corrected chi connectivity index (χ4v) is 2.66. The van der Waals surface area contributed by atoms with Crippen LogP contribution < -0.4 is 5.32 Å². The van der Waals surface area contributed by atoms with Crippen molar-refractivity contribution in [3.63, 3.8) is 0 Å². The van der Waals surface area contributed by atoms with Crippen LogP contribution >= 0.6 is 0 Å². The Bertz CT molecular complexity index is 405. The lowest BCUT2D eigenvalue weighted by Crippen LogP contribution is -2.16. The minimum atomic E-state index is -0.996. The molecule has 100 valence electrons. The molecule has 1 saturated carbocycles. The molecule has 1 aliphatic carbocycles. The van der Waals surface area contributed by atoms with Crippen LogP contribution in [0.3, 0.4) is 0 Å². The van der Waals surface area contributed by atoms with Crippen molar-refractivity contribution in [2.24, 2.45) is 5.92 Å². The van der Waals surface area contributed by atoms with E-state index in [1.54, 1.807) is 13.0 Å². The number of carboxylic acids is 1. The summed E-state index contributed by atoms with van der Waals surface area (Å²) in [4.78, 5) is 10.8. The number of aromatic carboxylic acids is 1. The van der Waals surface area contributed by atoms with E-state index >= 15 is 0 Å². The second kappa shape index (κ2) is 6.05. The first-order valence-corrected chi connectivity index (χ1v) is 6.70. The Hall–Kier alpha value is -1.29. The Morgan fingerprint density at radius 2 is 2.22 bits per heavy atom. The number of hydrogen-bond acceptors (Lipinski definition) is 3. The first-order valence-electron chi connectivity index (χ1n) is 6.70. The number of aryl methyl sites for hydroxylation is 1. The third-order valence-electron chi connectivity index (χ3n) is 3.67. The zero-order chi connectivity index (χ0) is 13.0. The maximum Gasteiger partial charge on any atom is 0.372 e. The largest absolute Gasteiger partial charge is 0.475 e. The summed E-state index contributed by atoms with van der Waals surface area (Å²) in [6.07, 6.45) is 6.70. The van der Waals surface area contributed by atoms with Gasteiger partial charge in [0, 0.05) is 5.56 Å². The Morgan fingerprint density at radius 1 is 1.50 bits per heavy atom. The summed E-state index contributed by atoms with van der Waals surface area (Å²) in [7, 11) is 0. The molecule has 0 bridgehead atoms. The quantitative estimate of drug-likeness (QED) is 0.763. The van der Waals surface area contributed by atoms with E-state index in [4.69, 9.17) is 9.52 Å². The fraction of sp³-hybridized carbons (Fsp3) is 0.643. The van der Waals surface area contributed by atoms with E-state index < -0.39 is 5.97 Å². The molecule has 1 aromatic heterocycles. The average molecular weight is 251 g/mol. The van der Waals surface area contributed by atoms with Gasteiger partial charge in [-0.1, -0.05) is 25.7 Å². The molecule has 4 heteroatoms. The van der Waals surface area contributed by atoms with Crippen LogP contribution in [0, 0.1) is 12.8 Å². The molecule has 0 aromatic carbocycles. The number of carbonyl (C=O) groups is 1. The van der Waals surface area contributed by atoms with E-state index in [9.17, 15) is 4.79 Å². The summed E-state index contributed by atoms with van der Waals surface area (Å²) in [6, 6.07) is 1.80. The molecular formula is C14H21NO3. The third-order valence-corrected chi connectivity index (χ3v) is 3.67. The van der Waals surface area contributed by atoms with Gasteiger partial charge < -0.3 is 14.8 Å². The van der Waals surface area contributed by atoms with E-state index in [0.29, 0.717) is 17.9 Å². The van der Waals surface area contributed by atoms with Crippen molar-refractivity contribution < 1.29 is 14.3 Å². The molecular weight excluding hydrogens is 230 g/mol. The molecule has 4 nitrogen and oxygen atoms in total. The monoisotopic (exact) mass is 251 g/mol. The summed E-state index contributed by atoms with van der Waals surface area (Å²) in [5, 5.41) is 12.2. The van der Waals surface area contributed by atoms with Crippen LogP contribution in [-0.4, -0.2) is 17.6 Å². The maximum atomic E-state index is 10.8. The number of hydrogen-bond donors (Lipinski definition) is 2. The molecule has 0 amide bonds. The highest BCUT2D eigenvalue weighted by atomic mass is 16.4. The van der Waals surface area contributed by atoms with Gasteiger partial charge in [-0.25, -0.2) is 4.79 Å². The standard InChI is InChI=1S/C14H21NO3/c1-10-8-12(18-13(10)14(16)17)9-15-7-6-11-4-2-3-5-11/h8,11,15H,2-7,9H2,1H3,(H,16,17). The minimum Gasteiger partial charge on any atom is -0.475 e. The Kier molecular flexibility index (Phi) is 4.42. The number of carboxylic acid groups (broad SMARTS) is 1. The van der Waals surface area contributed by atoms with E-state index in [1.165, 1.54) is 32.1 Å². The van der Waals surface area contributed by atoms with Crippen molar-refractivity contribution in [1.82, 2.24) is 5.32 Å². The van der Waals surface area contributed by atoms with Crippen LogP contribution in [0.5, 0.6) is 0 Å². The Balaban J connectivity index is 1.72. The molecule has 0 aliphatic heterocycles. The molecule has 0 radical (unpaired) electrons. The van der Waals surface area contributed by atoms with Crippen LogP contribution in [0.25, 0.3) is 0 Å². The van der Waals surface area contributed by atoms with Gasteiger partial charge in [0.05, 0.1) is 6.54 Å². The molecule has 1 heterocycles. The van der Waals surface area contributed by atoms with Crippen molar-refractivity contribution in [3.8, 4) is 0 Å². The number of furan rings is 1. The van der Waals surface area contributed by atoms with E-state index in [0.717, 1.165) is 12.5 Å². The Labute approximate surface area is 107 Å². The lowest BCUT2D eigenvalue weighted by atomic mass is 10.0. The summed E-state index contributed by atoms with van der Waals surface area (Å²) in [5.41, 5.74) is 0.690. The molecule has 0 unspecified atom stereocenters. The zero-order valence-electron chi connectivity index (χ0n) is 10.9. The average Bonchev–Trinajstić information content (AvgIpc) is 2.94. The molecule has 0 saturated heterocycles. The van der Waals surface area contributed by atoms with Crippen LogP contribution in [0.4, 0.5) is 0 Å². The molecule has 0 atom stereocenters. The van der Waals surface area contributed by atoms with Crippen molar-refractivity contribution >= 4 is 5.97 Å². The van der Waals surface area contributed by atoms with Crippen LogP contribution in [-0.2, 0) is 6.54 Å². The molecule has 2 rings (SSSR count). The Morgan fingerprint density at radius 3 is 2.83 bits per heavy atom. The molecule has 0 spiro atoms. The summed E-state index contributed by atoms with van der Waals surface area (Å²) >= 11 is 0. The first-order chi connectivity index (χ1) is 8.66. The van der Waals surface area contributed by atoms with Crippen LogP contribution in [0.15, 0.2) is 10.5 Å². The third kappa shape index (κ3) is 3.35. The van der Waals surface area contributed by atoms with Gasteiger partial charge in [-0.15, -0.1) is 0 Å². The molecule has 1 fully saturated rings. The predicted molar refractivity (Wildman–Crippen MR) is 68.7 cm³/mol. The van der Waals surface area contributed by atoms with Crippen LogP contribution in [0.1, 0.15) is 54.0 Å². The molecule has 1 aliphatic rings. The van der Waals surface area contributed by atoms with E-state index in [1.807, 2.05) is 0 Å². The van der Waals surface area contributed by atoms with Gasteiger partial charge in [-0.05, 0) is 31.9 Å². The summed E-state index contributed by atoms with van der Waals surface area (Å²) in [5.74, 6) is 0.647. The van der Waals surface area contributed by atoms with Crippen molar-refractivity contribution in [3.05, 3.63) is 23.2 Å². The SMILES string of the molecule is Cc1cc(CNCCC2CCCC2)oc1C(=O)O. The lowest BCUT2D eigenvalue weighted by molar-refractivity contribution is 0.0659. The highest BCUT2D eigenvalue weighted by Gasteiger charge is 2.15.